The van der Waals surface area contributed by atoms with Crippen LogP contribution in [0.3, 0.4) is 0 Å². The molecule has 2 aromatic rings. The molecule has 1 aliphatic rings. The van der Waals surface area contributed by atoms with Gasteiger partial charge in [-0.25, -0.2) is 5.43 Å². The van der Waals surface area contributed by atoms with Gasteiger partial charge in [0.05, 0.1) is 6.21 Å². The number of phenols is 2. The second-order valence-corrected chi connectivity index (χ2v) is 4.51. The van der Waals surface area contributed by atoms with E-state index in [-0.39, 0.29) is 18.3 Å². The summed E-state index contributed by atoms with van der Waals surface area (Å²) in [5.41, 5.74) is 3.08. The van der Waals surface area contributed by atoms with Crippen LogP contribution >= 0.6 is 0 Å². The second-order valence-electron chi connectivity index (χ2n) is 4.51. The number of aromatic hydroxyl groups is 2. The van der Waals surface area contributed by atoms with Gasteiger partial charge >= 0.3 is 0 Å². The molecule has 3 N–H and O–H groups in total. The SMILES string of the molecule is O=C(N/N=C\c1ccc(O)cc1O)c1ccc2c(c1)OCO2. The van der Waals surface area contributed by atoms with Crippen molar-refractivity contribution in [1.82, 2.24) is 5.43 Å². The van der Waals surface area contributed by atoms with Crippen molar-refractivity contribution in [1.29, 1.82) is 0 Å². The molecule has 0 saturated heterocycles. The summed E-state index contributed by atoms with van der Waals surface area (Å²) in [6.45, 7) is 0.138. The summed E-state index contributed by atoms with van der Waals surface area (Å²) in [7, 11) is 0. The van der Waals surface area contributed by atoms with E-state index < -0.39 is 5.91 Å². The molecule has 7 heteroatoms. The maximum absolute atomic E-state index is 12.0. The molecule has 3 rings (SSSR count). The normalized spacial score (nSPS) is 12.5. The number of rotatable bonds is 3. The number of hydrazone groups is 1. The molecule has 1 aliphatic heterocycles. The van der Waals surface area contributed by atoms with E-state index in [2.05, 4.69) is 10.5 Å². The molecule has 0 unspecified atom stereocenters. The smallest absolute Gasteiger partial charge is 0.271 e. The third kappa shape index (κ3) is 2.78. The lowest BCUT2D eigenvalue weighted by molar-refractivity contribution is 0.0954. The average Bonchev–Trinajstić information content (AvgIpc) is 2.96. The molecular formula is C15H12N2O5. The van der Waals surface area contributed by atoms with Gasteiger partial charge in [-0.1, -0.05) is 0 Å². The highest BCUT2D eigenvalue weighted by Crippen LogP contribution is 2.32. The number of phenolic OH excluding ortho intramolecular Hbond substituents is 2. The van der Waals surface area contributed by atoms with Gasteiger partial charge in [0.1, 0.15) is 11.5 Å². The van der Waals surface area contributed by atoms with Crippen molar-refractivity contribution < 1.29 is 24.5 Å². The van der Waals surface area contributed by atoms with Gasteiger partial charge in [-0.15, -0.1) is 0 Å². The zero-order chi connectivity index (χ0) is 15.5. The Labute approximate surface area is 125 Å². The minimum absolute atomic E-state index is 0.0564. The van der Waals surface area contributed by atoms with E-state index in [9.17, 15) is 15.0 Å². The van der Waals surface area contributed by atoms with Gasteiger partial charge < -0.3 is 19.7 Å². The molecule has 7 nitrogen and oxygen atoms in total. The molecule has 0 saturated carbocycles. The molecule has 1 heterocycles. The standard InChI is InChI=1S/C15H12N2O5/c18-11-3-1-10(12(19)6-11)7-16-17-15(20)9-2-4-13-14(5-9)22-8-21-13/h1-7,18-19H,8H2,(H,17,20)/b16-7-. The summed E-state index contributed by atoms with van der Waals surface area (Å²) in [6, 6.07) is 8.86. The highest BCUT2D eigenvalue weighted by atomic mass is 16.7. The van der Waals surface area contributed by atoms with Gasteiger partial charge in [-0.05, 0) is 30.3 Å². The van der Waals surface area contributed by atoms with Crippen LogP contribution in [-0.4, -0.2) is 29.1 Å². The Kier molecular flexibility index (Phi) is 3.53. The summed E-state index contributed by atoms with van der Waals surface area (Å²) in [6.07, 6.45) is 1.28. The van der Waals surface area contributed by atoms with Crippen molar-refractivity contribution in [2.75, 3.05) is 6.79 Å². The van der Waals surface area contributed by atoms with Crippen LogP contribution < -0.4 is 14.9 Å². The second kappa shape index (κ2) is 5.65. The van der Waals surface area contributed by atoms with Crippen molar-refractivity contribution in [2.45, 2.75) is 0 Å². The monoisotopic (exact) mass is 300 g/mol. The average molecular weight is 300 g/mol. The van der Waals surface area contributed by atoms with Crippen LogP contribution in [0.5, 0.6) is 23.0 Å². The lowest BCUT2D eigenvalue weighted by Crippen LogP contribution is -2.17. The predicted octanol–water partition coefficient (Wildman–Crippen LogP) is 1.59. The Hall–Kier alpha value is -3.22. The minimum atomic E-state index is -0.423. The van der Waals surface area contributed by atoms with E-state index in [1.807, 2.05) is 0 Å². The van der Waals surface area contributed by atoms with Crippen LogP contribution in [0, 0.1) is 0 Å². The highest BCUT2D eigenvalue weighted by Gasteiger charge is 2.15. The first kappa shape index (κ1) is 13.7. The molecular weight excluding hydrogens is 288 g/mol. The summed E-state index contributed by atoms with van der Waals surface area (Å²) < 4.78 is 10.4. The summed E-state index contributed by atoms with van der Waals surface area (Å²) in [5.74, 6) is 0.481. The number of ether oxygens (including phenoxy) is 2. The summed E-state index contributed by atoms with van der Waals surface area (Å²) in [5, 5.41) is 22.5. The third-order valence-electron chi connectivity index (χ3n) is 3.02. The lowest BCUT2D eigenvalue weighted by atomic mass is 10.2. The minimum Gasteiger partial charge on any atom is -0.508 e. The summed E-state index contributed by atoms with van der Waals surface area (Å²) >= 11 is 0. The van der Waals surface area contributed by atoms with Crippen LogP contribution in [0.4, 0.5) is 0 Å². The Morgan fingerprint density at radius 3 is 2.77 bits per heavy atom. The number of amides is 1. The number of nitrogens with zero attached hydrogens (tertiary/aromatic N) is 1. The van der Waals surface area contributed by atoms with Crippen molar-refractivity contribution in [3.63, 3.8) is 0 Å². The number of benzene rings is 2. The largest absolute Gasteiger partial charge is 0.508 e. The molecule has 0 aliphatic carbocycles. The molecule has 0 atom stereocenters. The van der Waals surface area contributed by atoms with Gasteiger partial charge in [0, 0.05) is 17.2 Å². The van der Waals surface area contributed by atoms with E-state index in [0.717, 1.165) is 0 Å². The first-order valence-electron chi connectivity index (χ1n) is 6.38. The van der Waals surface area contributed by atoms with Gasteiger partial charge in [0.25, 0.3) is 5.91 Å². The quantitative estimate of drug-likeness (QED) is 0.590. The fraction of sp³-hybridized carbons (Fsp3) is 0.0667. The molecule has 0 spiro atoms. The van der Waals surface area contributed by atoms with E-state index in [4.69, 9.17) is 9.47 Å². The molecule has 0 aromatic heterocycles. The Morgan fingerprint density at radius 2 is 1.95 bits per heavy atom. The van der Waals surface area contributed by atoms with E-state index >= 15 is 0 Å². The van der Waals surface area contributed by atoms with Crippen molar-refractivity contribution in [3.05, 3.63) is 47.5 Å². The number of nitrogens with one attached hydrogen (secondary N) is 1. The van der Waals surface area contributed by atoms with Crippen LogP contribution in [0.2, 0.25) is 0 Å². The number of carbonyl (C=O) groups excluding carboxylic acids is 1. The maximum Gasteiger partial charge on any atom is 0.271 e. The molecule has 1 amide bonds. The Morgan fingerprint density at radius 1 is 1.14 bits per heavy atom. The van der Waals surface area contributed by atoms with Crippen LogP contribution in [0.25, 0.3) is 0 Å². The Bertz CT molecular complexity index is 758. The van der Waals surface area contributed by atoms with Crippen molar-refractivity contribution in [2.24, 2.45) is 5.10 Å². The van der Waals surface area contributed by atoms with Crippen LogP contribution in [-0.2, 0) is 0 Å². The fourth-order valence-electron chi connectivity index (χ4n) is 1.90. The fourth-order valence-corrected chi connectivity index (χ4v) is 1.90. The number of hydrogen-bond acceptors (Lipinski definition) is 6. The van der Waals surface area contributed by atoms with Crippen molar-refractivity contribution >= 4 is 12.1 Å². The Balaban J connectivity index is 1.68. The molecule has 0 fully saturated rings. The number of fused-ring (bicyclic) bond motifs is 1. The van der Waals surface area contributed by atoms with Crippen LogP contribution in [0.15, 0.2) is 41.5 Å². The highest BCUT2D eigenvalue weighted by molar-refractivity contribution is 5.95. The van der Waals surface area contributed by atoms with Gasteiger partial charge in [-0.3, -0.25) is 4.79 Å². The van der Waals surface area contributed by atoms with Gasteiger partial charge in [0.2, 0.25) is 6.79 Å². The topological polar surface area (TPSA) is 100 Å². The third-order valence-corrected chi connectivity index (χ3v) is 3.02. The first-order chi connectivity index (χ1) is 10.6. The first-order valence-corrected chi connectivity index (χ1v) is 6.38. The van der Waals surface area contributed by atoms with E-state index in [1.54, 1.807) is 18.2 Å². The molecule has 0 radical (unpaired) electrons. The summed E-state index contributed by atoms with van der Waals surface area (Å²) in [4.78, 5) is 12.0. The van der Waals surface area contributed by atoms with E-state index in [1.165, 1.54) is 24.4 Å². The molecule has 2 aromatic carbocycles. The molecule has 112 valence electrons. The maximum atomic E-state index is 12.0. The number of hydrogen-bond donors (Lipinski definition) is 3. The molecule has 22 heavy (non-hydrogen) atoms. The van der Waals surface area contributed by atoms with E-state index in [0.29, 0.717) is 22.6 Å². The van der Waals surface area contributed by atoms with Gasteiger partial charge in [-0.2, -0.15) is 5.10 Å². The lowest BCUT2D eigenvalue weighted by Gasteiger charge is -2.02. The number of carbonyl (C=O) groups is 1. The predicted molar refractivity (Wildman–Crippen MR) is 77.4 cm³/mol. The van der Waals surface area contributed by atoms with Gasteiger partial charge in [0.15, 0.2) is 11.5 Å². The van der Waals surface area contributed by atoms with Crippen LogP contribution in [0.1, 0.15) is 15.9 Å². The zero-order valence-corrected chi connectivity index (χ0v) is 11.3. The van der Waals surface area contributed by atoms with Crippen molar-refractivity contribution in [3.8, 4) is 23.0 Å². The molecule has 0 bridgehead atoms. The zero-order valence-electron chi connectivity index (χ0n) is 11.3.